The van der Waals surface area contributed by atoms with Crippen LogP contribution in [0.3, 0.4) is 0 Å². The van der Waals surface area contributed by atoms with Crippen LogP contribution in [0.15, 0.2) is 87.5 Å². The summed E-state index contributed by atoms with van der Waals surface area (Å²) in [5, 5.41) is 6.94. The molecule has 6 heteroatoms. The van der Waals surface area contributed by atoms with Gasteiger partial charge in [0.2, 0.25) is 6.23 Å². The molecule has 3 heterocycles. The van der Waals surface area contributed by atoms with Gasteiger partial charge in [-0.1, -0.05) is 28.6 Å². The number of ether oxygens (including phenoxy) is 2. The molecule has 146 valence electrons. The number of benzene rings is 2. The van der Waals surface area contributed by atoms with E-state index in [1.165, 1.54) is 0 Å². The summed E-state index contributed by atoms with van der Waals surface area (Å²) >= 11 is 3.58. The van der Waals surface area contributed by atoms with E-state index in [0.29, 0.717) is 6.61 Å². The van der Waals surface area contributed by atoms with Gasteiger partial charge in [0.05, 0.1) is 18.0 Å². The SMILES string of the molecule is C=CCOc1ccc(C2=NN3[C@H](C2)c2cc(Br)ccc2O[C@@H]3c2ccco2)cc1. The Morgan fingerprint density at radius 2 is 2.07 bits per heavy atom. The van der Waals surface area contributed by atoms with Crippen LogP contribution in [0.25, 0.3) is 0 Å². The third-order valence-electron chi connectivity index (χ3n) is 5.09. The average Bonchev–Trinajstić information content (AvgIpc) is 3.42. The third kappa shape index (κ3) is 3.34. The molecule has 0 unspecified atom stereocenters. The summed E-state index contributed by atoms with van der Waals surface area (Å²) in [6.07, 6.45) is 3.79. The van der Waals surface area contributed by atoms with Gasteiger partial charge in [-0.2, -0.15) is 5.10 Å². The van der Waals surface area contributed by atoms with Crippen molar-refractivity contribution < 1.29 is 13.9 Å². The van der Waals surface area contributed by atoms with Gasteiger partial charge >= 0.3 is 0 Å². The molecule has 0 bridgehead atoms. The van der Waals surface area contributed by atoms with Crippen LogP contribution in [0.5, 0.6) is 11.5 Å². The van der Waals surface area contributed by atoms with Crippen LogP contribution < -0.4 is 9.47 Å². The van der Waals surface area contributed by atoms with Crippen molar-refractivity contribution in [2.45, 2.75) is 18.7 Å². The number of rotatable bonds is 5. The molecule has 1 aromatic heterocycles. The van der Waals surface area contributed by atoms with Crippen molar-refractivity contribution >= 4 is 21.6 Å². The highest BCUT2D eigenvalue weighted by atomic mass is 79.9. The average molecular weight is 451 g/mol. The van der Waals surface area contributed by atoms with Crippen molar-refractivity contribution in [2.24, 2.45) is 5.10 Å². The highest BCUT2D eigenvalue weighted by Crippen LogP contribution is 2.48. The molecule has 0 fully saturated rings. The van der Waals surface area contributed by atoms with Crippen LogP contribution >= 0.6 is 15.9 Å². The van der Waals surface area contributed by atoms with Gasteiger partial charge in [0, 0.05) is 16.5 Å². The minimum absolute atomic E-state index is 0.0815. The van der Waals surface area contributed by atoms with Gasteiger partial charge in [0.1, 0.15) is 18.1 Å². The van der Waals surface area contributed by atoms with Crippen molar-refractivity contribution in [3.05, 3.63) is 94.9 Å². The predicted octanol–water partition coefficient (Wildman–Crippen LogP) is 5.85. The zero-order valence-electron chi connectivity index (χ0n) is 15.6. The van der Waals surface area contributed by atoms with Crippen LogP contribution in [0.4, 0.5) is 0 Å². The Morgan fingerprint density at radius 1 is 1.21 bits per heavy atom. The number of hydrogen-bond donors (Lipinski definition) is 0. The highest BCUT2D eigenvalue weighted by molar-refractivity contribution is 9.10. The second kappa shape index (κ2) is 7.44. The van der Waals surface area contributed by atoms with Crippen molar-refractivity contribution in [2.75, 3.05) is 6.61 Å². The number of hydrogen-bond acceptors (Lipinski definition) is 5. The van der Waals surface area contributed by atoms with E-state index in [1.807, 2.05) is 53.5 Å². The highest BCUT2D eigenvalue weighted by Gasteiger charge is 2.42. The van der Waals surface area contributed by atoms with Gasteiger partial charge in [-0.05, 0) is 60.2 Å². The van der Waals surface area contributed by atoms with E-state index in [2.05, 4.69) is 28.6 Å². The Morgan fingerprint density at radius 3 is 2.83 bits per heavy atom. The fourth-order valence-electron chi connectivity index (χ4n) is 3.75. The zero-order valence-corrected chi connectivity index (χ0v) is 17.2. The van der Waals surface area contributed by atoms with Crippen LogP contribution in [-0.4, -0.2) is 17.3 Å². The Hall–Kier alpha value is -2.99. The Bertz CT molecular complexity index is 1060. The molecule has 3 aromatic rings. The summed E-state index contributed by atoms with van der Waals surface area (Å²) in [6, 6.07) is 18.0. The molecular weight excluding hydrogens is 432 g/mol. The van der Waals surface area contributed by atoms with Gasteiger partial charge in [-0.3, -0.25) is 0 Å². The van der Waals surface area contributed by atoms with E-state index >= 15 is 0 Å². The van der Waals surface area contributed by atoms with E-state index in [-0.39, 0.29) is 6.04 Å². The summed E-state index contributed by atoms with van der Waals surface area (Å²) in [7, 11) is 0. The lowest BCUT2D eigenvalue weighted by atomic mass is 9.96. The molecule has 2 aliphatic heterocycles. The maximum absolute atomic E-state index is 6.27. The molecule has 0 saturated carbocycles. The van der Waals surface area contributed by atoms with E-state index in [9.17, 15) is 0 Å². The monoisotopic (exact) mass is 450 g/mol. The second-order valence-electron chi connectivity index (χ2n) is 6.94. The molecule has 5 rings (SSSR count). The lowest BCUT2D eigenvalue weighted by Crippen LogP contribution is -2.33. The summed E-state index contributed by atoms with van der Waals surface area (Å²) in [6.45, 7) is 4.17. The fourth-order valence-corrected chi connectivity index (χ4v) is 4.13. The number of hydrazone groups is 1. The number of nitrogens with zero attached hydrogens (tertiary/aromatic N) is 2. The van der Waals surface area contributed by atoms with Gasteiger partial charge < -0.3 is 13.9 Å². The Labute approximate surface area is 177 Å². The lowest BCUT2D eigenvalue weighted by molar-refractivity contribution is -0.0325. The molecule has 5 nitrogen and oxygen atoms in total. The van der Waals surface area contributed by atoms with Gasteiger partial charge in [-0.25, -0.2) is 5.01 Å². The van der Waals surface area contributed by atoms with E-state index in [4.69, 9.17) is 19.0 Å². The number of fused-ring (bicyclic) bond motifs is 3. The van der Waals surface area contributed by atoms with Crippen LogP contribution in [0.1, 0.15) is 35.6 Å². The minimum Gasteiger partial charge on any atom is -0.490 e. The first-order valence-corrected chi connectivity index (χ1v) is 10.2. The second-order valence-corrected chi connectivity index (χ2v) is 7.85. The van der Waals surface area contributed by atoms with E-state index in [1.54, 1.807) is 12.3 Å². The van der Waals surface area contributed by atoms with Crippen molar-refractivity contribution in [1.29, 1.82) is 0 Å². The molecule has 2 atom stereocenters. The summed E-state index contributed by atoms with van der Waals surface area (Å²) in [5.41, 5.74) is 3.20. The molecule has 29 heavy (non-hydrogen) atoms. The van der Waals surface area contributed by atoms with Crippen molar-refractivity contribution in [3.8, 4) is 11.5 Å². The summed E-state index contributed by atoms with van der Waals surface area (Å²) < 4.78 is 18.5. The van der Waals surface area contributed by atoms with Gasteiger partial charge in [0.15, 0.2) is 5.76 Å². The van der Waals surface area contributed by atoms with Crippen molar-refractivity contribution in [3.63, 3.8) is 0 Å². The largest absolute Gasteiger partial charge is 0.490 e. The lowest BCUT2D eigenvalue weighted by Gasteiger charge is -2.37. The molecule has 2 aliphatic rings. The van der Waals surface area contributed by atoms with Gasteiger partial charge in [-0.15, -0.1) is 0 Å². The molecule has 0 saturated heterocycles. The first-order valence-electron chi connectivity index (χ1n) is 9.42. The summed E-state index contributed by atoms with van der Waals surface area (Å²) in [5.74, 6) is 2.42. The summed E-state index contributed by atoms with van der Waals surface area (Å²) in [4.78, 5) is 0. The van der Waals surface area contributed by atoms with Gasteiger partial charge in [0.25, 0.3) is 0 Å². The standard InChI is InChI=1S/C23H19BrN2O3/c1-2-11-27-17-8-5-15(6-9-17)19-14-20-18-13-16(24)7-10-21(18)29-23(26(20)25-19)22-4-3-12-28-22/h2-10,12-13,20,23H,1,11,14H2/t20-,23-/m1/s1. The molecule has 0 aliphatic carbocycles. The predicted molar refractivity (Wildman–Crippen MR) is 114 cm³/mol. The molecule has 0 radical (unpaired) electrons. The molecule has 0 N–H and O–H groups in total. The Kier molecular flexibility index (Phi) is 4.64. The normalized spacial score (nSPS) is 19.8. The van der Waals surface area contributed by atoms with Crippen molar-refractivity contribution in [1.82, 2.24) is 5.01 Å². The maximum Gasteiger partial charge on any atom is 0.246 e. The topological polar surface area (TPSA) is 47.2 Å². The maximum atomic E-state index is 6.27. The molecule has 0 amide bonds. The number of halogens is 1. The Balaban J connectivity index is 1.50. The minimum atomic E-state index is -0.392. The first-order chi connectivity index (χ1) is 14.2. The third-order valence-corrected chi connectivity index (χ3v) is 5.59. The fraction of sp³-hybridized carbons (Fsp3) is 0.174. The molecule has 0 spiro atoms. The molecular formula is C23H19BrN2O3. The van der Waals surface area contributed by atoms with Crippen LogP contribution in [0, 0.1) is 0 Å². The van der Waals surface area contributed by atoms with Crippen LogP contribution in [-0.2, 0) is 0 Å². The van der Waals surface area contributed by atoms with Crippen LogP contribution in [0.2, 0.25) is 0 Å². The van der Waals surface area contributed by atoms with E-state index < -0.39 is 6.23 Å². The zero-order chi connectivity index (χ0) is 19.8. The molecule has 2 aromatic carbocycles. The van der Waals surface area contributed by atoms with E-state index in [0.717, 1.165) is 45.0 Å². The first kappa shape index (κ1) is 18.1. The smallest absolute Gasteiger partial charge is 0.246 e. The quantitative estimate of drug-likeness (QED) is 0.457. The number of furan rings is 1.